The number of hydrogen-bond acceptors (Lipinski definition) is 7. The highest BCUT2D eigenvalue weighted by Crippen LogP contribution is 2.32. The Hall–Kier alpha value is -3.39. The molecule has 0 aliphatic heterocycles. The molecule has 0 radical (unpaired) electrons. The summed E-state index contributed by atoms with van der Waals surface area (Å²) in [7, 11) is 0. The van der Waals surface area contributed by atoms with E-state index in [1.807, 2.05) is 0 Å². The summed E-state index contributed by atoms with van der Waals surface area (Å²) in [4.78, 5) is 20.0. The van der Waals surface area contributed by atoms with E-state index >= 15 is 0 Å². The van der Waals surface area contributed by atoms with Crippen molar-refractivity contribution < 1.29 is 47.9 Å². The zero-order chi connectivity index (χ0) is 31.5. The van der Waals surface area contributed by atoms with Gasteiger partial charge in [0, 0.05) is 37.9 Å². The summed E-state index contributed by atoms with van der Waals surface area (Å²) in [6.07, 6.45) is 0.434. The molecule has 1 atom stereocenters. The van der Waals surface area contributed by atoms with Crippen molar-refractivity contribution in [1.29, 1.82) is 0 Å². The molecule has 42 heavy (non-hydrogen) atoms. The Morgan fingerprint density at radius 1 is 1.00 bits per heavy atom. The number of rotatable bonds is 17. The van der Waals surface area contributed by atoms with Crippen molar-refractivity contribution in [2.45, 2.75) is 70.8 Å². The summed E-state index contributed by atoms with van der Waals surface area (Å²) >= 11 is 0. The lowest BCUT2D eigenvalue weighted by Gasteiger charge is -2.14. The van der Waals surface area contributed by atoms with Gasteiger partial charge in [-0.2, -0.15) is 13.2 Å². The number of primary amides is 1. The molecule has 0 fully saturated rings. The van der Waals surface area contributed by atoms with Crippen molar-refractivity contribution in [2.75, 3.05) is 31.6 Å². The molecule has 2 amide bonds. The summed E-state index contributed by atoms with van der Waals surface area (Å²) in [6, 6.07) is 7.22. The maximum Gasteiger partial charge on any atom is 0.416 e. The first-order valence-electron chi connectivity index (χ1n) is 13.7. The van der Waals surface area contributed by atoms with E-state index < -0.39 is 29.8 Å². The molecule has 0 aliphatic carbocycles. The molecule has 8 N–H and O–H groups in total. The van der Waals surface area contributed by atoms with Gasteiger partial charge in [-0.25, -0.2) is 4.79 Å². The molecule has 0 heterocycles. The Balaban J connectivity index is 0.00000206. The summed E-state index contributed by atoms with van der Waals surface area (Å²) in [5.41, 5.74) is 5.72. The van der Waals surface area contributed by atoms with Gasteiger partial charge in [-0.3, -0.25) is 4.79 Å². The number of ether oxygens (including phenoxy) is 1. The number of amides is 2. The summed E-state index contributed by atoms with van der Waals surface area (Å²) in [5.74, 6) is -0.829. The molecule has 0 aromatic heterocycles. The molecular weight excluding hydrogens is 559 g/mol. The van der Waals surface area contributed by atoms with Gasteiger partial charge in [0.2, 0.25) is 0 Å². The molecule has 2 aromatic rings. The van der Waals surface area contributed by atoms with E-state index in [-0.39, 0.29) is 18.0 Å². The van der Waals surface area contributed by atoms with Crippen LogP contribution in [0.2, 0.25) is 0 Å². The molecule has 0 bridgehead atoms. The second-order valence-electron chi connectivity index (χ2n) is 9.67. The van der Waals surface area contributed by atoms with E-state index in [4.69, 9.17) is 20.4 Å². The Morgan fingerprint density at radius 2 is 1.64 bits per heavy atom. The van der Waals surface area contributed by atoms with Crippen LogP contribution in [0.5, 0.6) is 5.75 Å². The zero-order valence-corrected chi connectivity index (χ0v) is 23.8. The Bertz CT molecular complexity index is 1100. The standard InChI is InChI=1S/C27H38F3N3O5.C2H4O2/c28-27(29,30)22-13-19(14-23(16-22)33-26(31)37)7-3-6-12-38-11-5-2-1-4-10-32-17-25(36)20-8-9-24(35)21(15-20)18-34;1-2(3)4/h8-9,13-16,25,32,34-36H,1-7,10-12,17-18H2,(H3,31,33,37);1H3,(H,3,4)/t25-;/m0./s1. The summed E-state index contributed by atoms with van der Waals surface area (Å²) < 4.78 is 44.9. The first-order chi connectivity index (χ1) is 19.8. The number of alkyl halides is 3. The first kappa shape index (κ1) is 36.6. The molecular formula is C29H42F3N3O7. The molecule has 236 valence electrons. The number of urea groups is 1. The monoisotopic (exact) mass is 601 g/mol. The second-order valence-corrected chi connectivity index (χ2v) is 9.67. The van der Waals surface area contributed by atoms with Crippen LogP contribution in [0.15, 0.2) is 36.4 Å². The number of aromatic hydroxyl groups is 1. The van der Waals surface area contributed by atoms with E-state index in [2.05, 4.69) is 10.6 Å². The van der Waals surface area contributed by atoms with E-state index in [0.717, 1.165) is 51.3 Å². The lowest BCUT2D eigenvalue weighted by Crippen LogP contribution is -2.22. The first-order valence-corrected chi connectivity index (χ1v) is 13.7. The van der Waals surface area contributed by atoms with Crippen LogP contribution in [0.4, 0.5) is 23.7 Å². The largest absolute Gasteiger partial charge is 0.508 e. The number of nitrogens with one attached hydrogen (secondary N) is 2. The Labute approximate surface area is 243 Å². The van der Waals surface area contributed by atoms with Crippen LogP contribution >= 0.6 is 0 Å². The fourth-order valence-electron chi connectivity index (χ4n) is 3.95. The Kier molecular flexibility index (Phi) is 17.2. The highest BCUT2D eigenvalue weighted by Gasteiger charge is 2.31. The number of anilines is 1. The van der Waals surface area contributed by atoms with Crippen LogP contribution in [-0.4, -0.2) is 58.7 Å². The van der Waals surface area contributed by atoms with Gasteiger partial charge in [-0.15, -0.1) is 0 Å². The highest BCUT2D eigenvalue weighted by atomic mass is 19.4. The van der Waals surface area contributed by atoms with Gasteiger partial charge in [0.05, 0.1) is 18.3 Å². The number of aryl methyl sites for hydroxylation is 1. The van der Waals surface area contributed by atoms with Gasteiger partial charge < -0.3 is 41.5 Å². The number of carbonyl (C=O) groups is 2. The van der Waals surface area contributed by atoms with Crippen molar-refractivity contribution in [2.24, 2.45) is 5.73 Å². The van der Waals surface area contributed by atoms with Gasteiger partial charge >= 0.3 is 12.2 Å². The van der Waals surface area contributed by atoms with Gasteiger partial charge in [0.25, 0.3) is 5.97 Å². The minimum absolute atomic E-state index is 0.00473. The van der Waals surface area contributed by atoms with Crippen LogP contribution in [0.3, 0.4) is 0 Å². The molecule has 2 rings (SSSR count). The van der Waals surface area contributed by atoms with Crippen molar-refractivity contribution in [3.63, 3.8) is 0 Å². The predicted octanol–water partition coefficient (Wildman–Crippen LogP) is 4.71. The number of hydrogen-bond donors (Lipinski definition) is 7. The molecule has 13 heteroatoms. The van der Waals surface area contributed by atoms with Crippen LogP contribution in [0.25, 0.3) is 0 Å². The minimum Gasteiger partial charge on any atom is -0.508 e. The van der Waals surface area contributed by atoms with E-state index in [0.29, 0.717) is 55.7 Å². The Morgan fingerprint density at radius 3 is 2.26 bits per heavy atom. The van der Waals surface area contributed by atoms with Crippen molar-refractivity contribution >= 4 is 17.7 Å². The number of unbranched alkanes of at least 4 members (excludes halogenated alkanes) is 4. The smallest absolute Gasteiger partial charge is 0.416 e. The van der Waals surface area contributed by atoms with Crippen LogP contribution < -0.4 is 16.4 Å². The molecule has 0 saturated heterocycles. The third-order valence-electron chi connectivity index (χ3n) is 5.98. The number of halogens is 3. The quantitative estimate of drug-likeness (QED) is 0.128. The molecule has 0 spiro atoms. The zero-order valence-electron chi connectivity index (χ0n) is 23.8. The van der Waals surface area contributed by atoms with E-state index in [1.54, 1.807) is 12.1 Å². The van der Waals surface area contributed by atoms with Crippen molar-refractivity contribution in [3.8, 4) is 5.75 Å². The van der Waals surface area contributed by atoms with Crippen molar-refractivity contribution in [1.82, 2.24) is 5.32 Å². The van der Waals surface area contributed by atoms with Crippen LogP contribution in [0, 0.1) is 0 Å². The fraction of sp³-hybridized carbons (Fsp3) is 0.517. The number of carbonyl (C=O) groups excluding carboxylic acids is 1. The maximum atomic E-state index is 13.1. The topological polar surface area (TPSA) is 174 Å². The number of nitrogens with two attached hydrogens (primary N) is 1. The van der Waals surface area contributed by atoms with Gasteiger partial charge in [-0.05, 0) is 80.1 Å². The van der Waals surface area contributed by atoms with Gasteiger partial charge in [-0.1, -0.05) is 18.9 Å². The molecule has 0 saturated carbocycles. The van der Waals surface area contributed by atoms with Gasteiger partial charge in [0.1, 0.15) is 5.75 Å². The lowest BCUT2D eigenvalue weighted by molar-refractivity contribution is -0.137. The fourth-order valence-corrected chi connectivity index (χ4v) is 3.95. The molecule has 0 unspecified atom stereocenters. The van der Waals surface area contributed by atoms with Crippen LogP contribution in [-0.2, 0) is 28.7 Å². The second kappa shape index (κ2) is 19.7. The average molecular weight is 602 g/mol. The van der Waals surface area contributed by atoms with Crippen LogP contribution in [0.1, 0.15) is 73.8 Å². The average Bonchev–Trinajstić information content (AvgIpc) is 2.90. The number of carboxylic acids is 1. The predicted molar refractivity (Wildman–Crippen MR) is 152 cm³/mol. The normalized spacial score (nSPS) is 11.9. The minimum atomic E-state index is -4.51. The van der Waals surface area contributed by atoms with Crippen molar-refractivity contribution in [3.05, 3.63) is 58.7 Å². The number of aliphatic hydroxyl groups excluding tert-OH is 2. The number of phenols is 1. The number of benzene rings is 2. The number of carboxylic acid groups (broad SMARTS) is 1. The third kappa shape index (κ3) is 16.2. The van der Waals surface area contributed by atoms with E-state index in [1.165, 1.54) is 12.1 Å². The maximum absolute atomic E-state index is 13.1. The van der Waals surface area contributed by atoms with E-state index in [9.17, 15) is 33.3 Å². The summed E-state index contributed by atoms with van der Waals surface area (Å²) in [5, 5.41) is 41.9. The highest BCUT2D eigenvalue weighted by molar-refractivity contribution is 5.88. The number of aliphatic hydroxyl groups is 2. The molecule has 10 nitrogen and oxygen atoms in total. The third-order valence-corrected chi connectivity index (χ3v) is 5.98. The SMILES string of the molecule is CC(=O)O.NC(=O)Nc1cc(CCCCOCCCCCCNC[C@H](O)c2ccc(O)c(CO)c2)cc(C(F)(F)F)c1. The summed E-state index contributed by atoms with van der Waals surface area (Å²) in [6.45, 7) is 3.08. The number of aliphatic carboxylic acids is 1. The molecule has 0 aliphatic rings. The van der Waals surface area contributed by atoms with Gasteiger partial charge in [0.15, 0.2) is 0 Å². The lowest BCUT2D eigenvalue weighted by atomic mass is 10.0. The molecule has 2 aromatic carbocycles.